The molecule has 49 heteroatoms. The quantitative estimate of drug-likeness (QED) is 0.0868. The zero-order chi connectivity index (χ0) is 59.3. The molecule has 0 aromatic carbocycles. The zero-order valence-electron chi connectivity index (χ0n) is 29.7. The highest BCUT2D eigenvalue weighted by Gasteiger charge is 2.86. The molecular weight excluding hydrogens is 3940 g/mol. The number of halogens is 45. The SMILES string of the molecule is O=[SH](=O)OC(Br)(Br)C(Br)(Br)C(Br)(Br)C(Br)(Br)C(Br)(Br)C(Br)(Br)C(Br)(Br)C(Br)(Br)C(Br)(Br)C(Br)(Br)C(Br)(Br)C(Br)(Br)C(Br)(Br)C(Br)(Br)C(Br)(Br)C(Br)(Br)C(Br)(Br)C(Br)(Br)C(Br)(Br)C(Br)(Br)C(Br)(Br)C(Br)(Br)Br. The molecule has 0 heterocycles. The molecule has 428 valence electrons. The van der Waals surface area contributed by atoms with Gasteiger partial charge in [-0.25, -0.2) is 12.6 Å². The van der Waals surface area contributed by atoms with Gasteiger partial charge in [0.1, 0.15) is 61.4 Å². The number of hydrogen-bond donors (Lipinski definition) is 1. The minimum absolute atomic E-state index is 0.955. The molecule has 3 nitrogen and oxygen atoms in total. The molecule has 0 fully saturated rings. The first-order valence-corrected chi connectivity index (χ1v) is 51.3. The Morgan fingerprint density at radius 1 is 0.169 bits per heavy atom. The second kappa shape index (κ2) is 30.2. The fourth-order valence-electron chi connectivity index (χ4n) is 4.06. The molecule has 0 aromatic rings. The summed E-state index contributed by atoms with van der Waals surface area (Å²) in [6.45, 7) is 0. The Bertz CT molecular complexity index is 2020. The molecule has 0 saturated heterocycles. The van der Waals surface area contributed by atoms with Crippen molar-refractivity contribution in [1.29, 1.82) is 0 Å². The van der Waals surface area contributed by atoms with E-state index in [4.69, 9.17) is 4.18 Å². The van der Waals surface area contributed by atoms with Gasteiger partial charge in [-0.2, -0.15) is 0 Å². The van der Waals surface area contributed by atoms with E-state index < -0.39 is 81.2 Å². The second-order valence-electron chi connectivity index (χ2n) is 12.8. The third-order valence-electron chi connectivity index (χ3n) is 8.40. The van der Waals surface area contributed by atoms with Crippen molar-refractivity contribution in [3.63, 3.8) is 0 Å². The average Bonchev–Trinajstić information content (AvgIpc) is 3.11. The number of alkyl halides is 45. The van der Waals surface area contributed by atoms with E-state index in [0.717, 1.165) is 0 Å². The van der Waals surface area contributed by atoms with E-state index in [1.54, 1.807) is 0 Å². The Kier molecular flexibility index (Phi) is 39.4. The van der Waals surface area contributed by atoms with Crippen LogP contribution in [0.2, 0.25) is 0 Å². The third kappa shape index (κ3) is 15.8. The van der Waals surface area contributed by atoms with Crippen molar-refractivity contribution in [2.75, 3.05) is 0 Å². The van der Waals surface area contributed by atoms with Crippen molar-refractivity contribution in [2.24, 2.45) is 0 Å². The predicted molar refractivity (Wildman–Crippen MR) is 473 cm³/mol. The van der Waals surface area contributed by atoms with Gasteiger partial charge >= 0.3 is 0 Å². The zero-order valence-corrected chi connectivity index (χ0v) is 102. The molecule has 0 rings (SSSR count). The summed E-state index contributed by atoms with van der Waals surface area (Å²) in [5.74, 6) is 0. The van der Waals surface area contributed by atoms with E-state index in [1.165, 1.54) is 0 Å². The van der Waals surface area contributed by atoms with Crippen LogP contribution in [0.25, 0.3) is 0 Å². The summed E-state index contributed by atoms with van der Waals surface area (Å²) in [4.78, 5) is 0. The molecule has 0 aliphatic carbocycles. The second-order valence-corrected chi connectivity index (χ2v) is 92.4. The Morgan fingerprint density at radius 2 is 0.268 bits per heavy atom. The van der Waals surface area contributed by atoms with E-state index in [1.807, 2.05) is 0 Å². The largest absolute Gasteiger partial charge is 0.259 e. The van der Waals surface area contributed by atoms with Crippen molar-refractivity contribution in [3.05, 3.63) is 0 Å². The van der Waals surface area contributed by atoms with E-state index in [0.29, 0.717) is 0 Å². The summed E-state index contributed by atoms with van der Waals surface area (Å²) < 4.78 is -2.44. The van der Waals surface area contributed by atoms with Gasteiger partial charge in [0.05, 0.1) is 0 Å². The predicted octanol–water partition coefficient (Wildman–Crippen LogP) is 32.5. The summed E-state index contributed by atoms with van der Waals surface area (Å²) >= 11 is 176. The van der Waals surface area contributed by atoms with Crippen LogP contribution in [0, 0.1) is 0 Å². The minimum Gasteiger partial charge on any atom is -0.239 e. The van der Waals surface area contributed by atoms with Crippen LogP contribution in [0.4, 0.5) is 0 Å². The van der Waals surface area contributed by atoms with Gasteiger partial charge in [0.15, 0.2) is 5.38 Å². The summed E-state index contributed by atoms with van der Waals surface area (Å²) in [5.41, 5.74) is 0. The first-order chi connectivity index (χ1) is 29.7. The highest BCUT2D eigenvalue weighted by Crippen LogP contribution is 2.85. The van der Waals surface area contributed by atoms with E-state index in [9.17, 15) is 8.42 Å². The Hall–Kier alpha value is 21.5. The van der Waals surface area contributed by atoms with Gasteiger partial charge in [-0.1, -0.05) is 685 Å². The van der Waals surface area contributed by atoms with E-state index in [2.05, 4.69) is 717 Å². The fraction of sp³-hybridized carbons (Fsp3) is 1.00. The lowest BCUT2D eigenvalue weighted by molar-refractivity contribution is 0.270. The van der Waals surface area contributed by atoms with Gasteiger partial charge in [-0.05, 0) is 31.9 Å². The summed E-state index contributed by atoms with van der Waals surface area (Å²) in [5, 5.41) is 0. The molecule has 0 bridgehead atoms. The standard InChI is InChI=1S/C22HBr45O3S/c23-1(24,3(27,28)5(31,32)7(35,36)9(39,40)11(43,44)13(47,48)15(51,52)17(55,56)19(59,60)21(63,64)65)2(25,26)4(29,30)6(33,34)8(37,38)10(41,42)12(45,46)14(49,50)16(53,54)18(57,58)20(61,62)22(66,67)70-71(68)69/h71H. The topological polar surface area (TPSA) is 43.4 Å². The normalized spacial score (nSPS) is 17.4. The van der Waals surface area contributed by atoms with Crippen LogP contribution in [0.5, 0.6) is 0 Å². The Labute approximate surface area is 789 Å². The van der Waals surface area contributed by atoms with Crippen LogP contribution >= 0.6 is 717 Å². The fourth-order valence-corrected chi connectivity index (χ4v) is 51.4. The molecule has 0 radical (unpaired) electrons. The molecule has 0 atom stereocenters. The van der Waals surface area contributed by atoms with E-state index >= 15 is 0 Å². The molecule has 0 unspecified atom stereocenters. The van der Waals surface area contributed by atoms with Gasteiger partial charge in [0, 0.05) is 0 Å². The summed E-state index contributed by atoms with van der Waals surface area (Å²) in [6.07, 6.45) is 0. The maximum absolute atomic E-state index is 11.8. The van der Waals surface area contributed by atoms with Crippen molar-refractivity contribution >= 4 is 728 Å². The molecular formula is C22HBr45O3S. The van der Waals surface area contributed by atoms with Gasteiger partial charge < -0.3 is 0 Å². The monoisotopic (exact) mass is 3900 g/mol. The highest BCUT2D eigenvalue weighted by molar-refractivity contribution is 9.43. The molecule has 0 aliphatic heterocycles. The lowest BCUT2D eigenvalue weighted by Crippen LogP contribution is -2.74. The Morgan fingerprint density at radius 3 is 0.366 bits per heavy atom. The van der Waals surface area contributed by atoms with Gasteiger partial charge in [0.25, 0.3) is 11.0 Å². The van der Waals surface area contributed by atoms with Gasteiger partial charge in [0.2, 0.25) is 3.42 Å². The highest BCUT2D eigenvalue weighted by atomic mass is 80.0. The van der Waals surface area contributed by atoms with Crippen molar-refractivity contribution in [2.45, 2.75) is 70.2 Å². The summed E-state index contributed by atoms with van der Waals surface area (Å²) in [7, 11) is -3.38. The van der Waals surface area contributed by atoms with Crippen LogP contribution in [0.3, 0.4) is 0 Å². The van der Waals surface area contributed by atoms with Crippen LogP contribution in [0.15, 0.2) is 0 Å². The van der Waals surface area contributed by atoms with Crippen molar-refractivity contribution in [1.82, 2.24) is 0 Å². The lowest BCUT2D eigenvalue weighted by atomic mass is 10.0. The number of rotatable bonds is 22. The third-order valence-corrected chi connectivity index (χ3v) is 106. The van der Waals surface area contributed by atoms with Crippen molar-refractivity contribution in [3.8, 4) is 0 Å². The summed E-state index contributed by atoms with van der Waals surface area (Å²) in [6, 6.07) is 0. The van der Waals surface area contributed by atoms with Gasteiger partial charge in [-0.15, -0.1) is 0 Å². The number of hydrogen-bond acceptors (Lipinski definition) is 3. The maximum atomic E-state index is 11.8. The van der Waals surface area contributed by atoms with Crippen molar-refractivity contribution < 1.29 is 12.6 Å². The molecule has 71 heavy (non-hydrogen) atoms. The van der Waals surface area contributed by atoms with E-state index in [-0.39, 0.29) is 0 Å². The van der Waals surface area contributed by atoms with Gasteiger partial charge in [-0.3, -0.25) is 0 Å². The molecule has 0 aromatic heterocycles. The lowest BCUT2D eigenvalue weighted by Gasteiger charge is -2.63. The first-order valence-electron chi connectivity index (χ1n) is 14.5. The molecule has 0 amide bonds. The van der Waals surface area contributed by atoms with Crippen LogP contribution in [0.1, 0.15) is 0 Å². The molecule has 0 N–H and O–H groups in total. The first kappa shape index (κ1) is 92.5. The van der Waals surface area contributed by atoms with Crippen LogP contribution in [-0.2, 0) is 15.2 Å². The molecule has 0 aliphatic rings. The Balaban J connectivity index is 8.11. The molecule has 0 saturated carbocycles. The van der Waals surface area contributed by atoms with Crippen LogP contribution in [-0.4, -0.2) is 78.7 Å². The smallest absolute Gasteiger partial charge is 0.239 e. The van der Waals surface area contributed by atoms with Crippen LogP contribution < -0.4 is 0 Å². The number of thiol groups is 1. The maximum Gasteiger partial charge on any atom is 0.259 e. The average molecular weight is 3940 g/mol. The molecule has 0 spiro atoms. The minimum atomic E-state index is -3.38.